The largest absolute Gasteiger partial charge is 0.598 e. The molecule has 1 saturated heterocycles. The molecule has 0 saturated carbocycles. The molecule has 1 aromatic heterocycles. The molecule has 1 fully saturated rings. The van der Waals surface area contributed by atoms with Gasteiger partial charge in [-0.05, 0) is 51.4 Å². The van der Waals surface area contributed by atoms with Crippen LogP contribution in [0.25, 0.3) is 10.9 Å². The van der Waals surface area contributed by atoms with Gasteiger partial charge in [-0.1, -0.05) is 12.1 Å². The van der Waals surface area contributed by atoms with Gasteiger partial charge in [0.05, 0.1) is 22.3 Å². The maximum atomic E-state index is 11.7. The summed E-state index contributed by atoms with van der Waals surface area (Å²) in [6.45, 7) is 7.97. The van der Waals surface area contributed by atoms with Gasteiger partial charge in [-0.2, -0.15) is 0 Å². The van der Waals surface area contributed by atoms with E-state index in [-0.39, 0.29) is 0 Å². The van der Waals surface area contributed by atoms with Gasteiger partial charge in [0.2, 0.25) is 0 Å². The third-order valence-corrected chi connectivity index (χ3v) is 4.47. The first-order valence-electron chi connectivity index (χ1n) is 6.98. The van der Waals surface area contributed by atoms with E-state index in [1.54, 1.807) is 6.07 Å². The number of hydrogen-bond acceptors (Lipinski definition) is 3. The Labute approximate surface area is 124 Å². The van der Waals surface area contributed by atoms with Crippen LogP contribution in [0.1, 0.15) is 38.1 Å². The molecule has 3 rings (SSSR count). The Morgan fingerprint density at radius 1 is 1.14 bits per heavy atom. The average molecular weight is 286 g/mol. The molecule has 0 bridgehead atoms. The maximum absolute atomic E-state index is 11.7. The van der Waals surface area contributed by atoms with Crippen molar-refractivity contribution in [2.75, 3.05) is 0 Å². The molecule has 6 heteroatoms. The van der Waals surface area contributed by atoms with Crippen LogP contribution in [0.5, 0.6) is 0 Å². The lowest BCUT2D eigenvalue weighted by Gasteiger charge is -2.32. The van der Waals surface area contributed by atoms with Crippen molar-refractivity contribution in [2.24, 2.45) is 5.73 Å². The van der Waals surface area contributed by atoms with E-state index in [2.05, 4.69) is 0 Å². The summed E-state index contributed by atoms with van der Waals surface area (Å²) in [5, 5.41) is 0.931. The summed E-state index contributed by atoms with van der Waals surface area (Å²) in [6, 6.07) is 7.39. The monoisotopic (exact) mass is 286 g/mol. The second kappa shape index (κ2) is 4.35. The number of rotatable bonds is 2. The van der Waals surface area contributed by atoms with Crippen molar-refractivity contribution in [1.29, 1.82) is 0 Å². The van der Waals surface area contributed by atoms with Crippen LogP contribution in [0, 0.1) is 0 Å². The Bertz CT molecular complexity index is 705. The Morgan fingerprint density at radius 2 is 1.76 bits per heavy atom. The van der Waals surface area contributed by atoms with Crippen LogP contribution in [0.15, 0.2) is 30.5 Å². The summed E-state index contributed by atoms with van der Waals surface area (Å²) < 4.78 is 13.9. The van der Waals surface area contributed by atoms with Crippen molar-refractivity contribution in [3.05, 3.63) is 36.0 Å². The Balaban J connectivity index is 2.13. The molecule has 0 aliphatic carbocycles. The van der Waals surface area contributed by atoms with Crippen LogP contribution in [-0.2, 0) is 9.31 Å². The second-order valence-corrected chi connectivity index (χ2v) is 6.39. The molecule has 2 N–H and O–H groups in total. The smallest absolute Gasteiger partial charge is 0.384 e. The fourth-order valence-electron chi connectivity index (χ4n) is 2.52. The number of carbonyl (C=O) groups excluding carboxylic acids is 1. The van der Waals surface area contributed by atoms with Gasteiger partial charge in [-0.15, -0.1) is 0 Å². The fraction of sp³-hybridized carbons (Fsp3) is 0.400. The van der Waals surface area contributed by atoms with Crippen LogP contribution in [0.4, 0.5) is 0 Å². The van der Waals surface area contributed by atoms with Crippen molar-refractivity contribution in [3.8, 4) is 0 Å². The number of fused-ring (bicyclic) bond motifs is 1. The summed E-state index contributed by atoms with van der Waals surface area (Å²) in [5.41, 5.74) is 5.81. The lowest BCUT2D eigenvalue weighted by atomic mass is 9.90. The highest BCUT2D eigenvalue weighted by molar-refractivity contribution is 6.45. The molecule has 1 aliphatic rings. The molecule has 0 atom stereocenters. The Morgan fingerprint density at radius 3 is 2.33 bits per heavy atom. The van der Waals surface area contributed by atoms with Gasteiger partial charge in [0.25, 0.3) is 5.91 Å². The highest BCUT2D eigenvalue weighted by Crippen LogP contribution is 2.38. The van der Waals surface area contributed by atoms with Gasteiger partial charge in [0.1, 0.15) is 0 Å². The molecular weight excluding hydrogens is 267 g/mol. The van der Waals surface area contributed by atoms with E-state index >= 15 is 0 Å². The topological polar surface area (TPSA) is 66.5 Å². The number of aromatic nitrogens is 1. The van der Waals surface area contributed by atoms with Crippen LogP contribution in [0.2, 0.25) is 0 Å². The molecule has 2 heterocycles. The SMILES string of the molecule is CC1(C)OB(n2ccc3cccc(C(N)=O)c32)OC1(C)C. The molecule has 1 amide bonds. The van der Waals surface area contributed by atoms with E-state index in [9.17, 15) is 4.79 Å². The molecular formula is C15H19BN2O3. The van der Waals surface area contributed by atoms with Crippen molar-refractivity contribution in [2.45, 2.75) is 38.9 Å². The minimum absolute atomic E-state index is 0.435. The first kappa shape index (κ1) is 14.2. The zero-order valence-electron chi connectivity index (χ0n) is 12.7. The van der Waals surface area contributed by atoms with Gasteiger partial charge >= 0.3 is 7.25 Å². The lowest BCUT2D eigenvalue weighted by molar-refractivity contribution is 0.00578. The van der Waals surface area contributed by atoms with Gasteiger partial charge in [0.15, 0.2) is 0 Å². The van der Waals surface area contributed by atoms with E-state index < -0.39 is 24.4 Å². The van der Waals surface area contributed by atoms with Gasteiger partial charge in [-0.25, -0.2) is 0 Å². The third-order valence-electron chi connectivity index (χ3n) is 4.47. The van der Waals surface area contributed by atoms with Crippen LogP contribution in [-0.4, -0.2) is 28.8 Å². The van der Waals surface area contributed by atoms with Crippen molar-refractivity contribution < 1.29 is 14.1 Å². The Kier molecular flexibility index (Phi) is 2.94. The molecule has 0 spiro atoms. The zero-order chi connectivity index (χ0) is 15.4. The van der Waals surface area contributed by atoms with E-state index in [1.807, 2.05) is 56.6 Å². The summed E-state index contributed by atoms with van der Waals surface area (Å²) in [6.07, 6.45) is 1.86. The summed E-state index contributed by atoms with van der Waals surface area (Å²) >= 11 is 0. The number of carbonyl (C=O) groups is 1. The molecule has 2 aromatic rings. The minimum Gasteiger partial charge on any atom is -0.384 e. The summed E-state index contributed by atoms with van der Waals surface area (Å²) in [4.78, 5) is 11.7. The predicted molar refractivity (Wildman–Crippen MR) is 81.9 cm³/mol. The molecule has 0 unspecified atom stereocenters. The maximum Gasteiger partial charge on any atom is 0.598 e. The van der Waals surface area contributed by atoms with E-state index in [0.29, 0.717) is 5.56 Å². The number of nitrogens with two attached hydrogens (primary N) is 1. The van der Waals surface area contributed by atoms with E-state index in [0.717, 1.165) is 10.9 Å². The molecule has 110 valence electrons. The normalized spacial score (nSPS) is 20.1. The first-order valence-corrected chi connectivity index (χ1v) is 6.98. The summed E-state index contributed by atoms with van der Waals surface area (Å²) in [7, 11) is -0.576. The quantitative estimate of drug-likeness (QED) is 0.860. The van der Waals surface area contributed by atoms with Crippen molar-refractivity contribution in [3.63, 3.8) is 0 Å². The van der Waals surface area contributed by atoms with Crippen LogP contribution < -0.4 is 5.73 Å². The van der Waals surface area contributed by atoms with Crippen LogP contribution >= 0.6 is 0 Å². The number of para-hydroxylation sites is 1. The minimum atomic E-state index is -0.576. The molecule has 21 heavy (non-hydrogen) atoms. The average Bonchev–Trinajstić information content (AvgIpc) is 2.88. The Hall–Kier alpha value is -1.79. The predicted octanol–water partition coefficient (Wildman–Crippen LogP) is 2.18. The first-order chi connectivity index (χ1) is 9.73. The lowest BCUT2D eigenvalue weighted by Crippen LogP contribution is -2.41. The number of nitrogens with zero attached hydrogens (tertiary/aromatic N) is 1. The number of benzene rings is 1. The van der Waals surface area contributed by atoms with Gasteiger partial charge in [0, 0.05) is 0 Å². The van der Waals surface area contributed by atoms with Crippen molar-refractivity contribution >= 4 is 24.1 Å². The fourth-order valence-corrected chi connectivity index (χ4v) is 2.52. The highest BCUT2D eigenvalue weighted by atomic mass is 16.7. The zero-order valence-corrected chi connectivity index (χ0v) is 12.7. The number of hydrogen-bond donors (Lipinski definition) is 1. The molecule has 5 nitrogen and oxygen atoms in total. The molecule has 1 aliphatic heterocycles. The number of amides is 1. The van der Waals surface area contributed by atoms with Gasteiger partial charge < -0.3 is 19.5 Å². The third kappa shape index (κ3) is 2.06. The summed E-state index contributed by atoms with van der Waals surface area (Å²) in [5.74, 6) is -0.461. The van der Waals surface area contributed by atoms with Crippen molar-refractivity contribution in [1.82, 2.24) is 4.48 Å². The number of primary amides is 1. The standard InChI is InChI=1S/C15H19BN2O3/c1-14(2)15(3,4)21-16(20-14)18-9-8-10-6-5-7-11(12(10)18)13(17)19/h5-9H,1-4H3,(H2,17,19). The highest BCUT2D eigenvalue weighted by Gasteiger charge is 2.53. The van der Waals surface area contributed by atoms with Crippen LogP contribution in [0.3, 0.4) is 0 Å². The second-order valence-electron chi connectivity index (χ2n) is 6.39. The molecule has 1 aromatic carbocycles. The van der Waals surface area contributed by atoms with E-state index in [1.165, 1.54) is 0 Å². The van der Waals surface area contributed by atoms with E-state index in [4.69, 9.17) is 15.0 Å². The van der Waals surface area contributed by atoms with Gasteiger partial charge in [-0.3, -0.25) is 4.79 Å². The molecule has 0 radical (unpaired) electrons.